The number of nitrogens with two attached hydrogens (primary N) is 1. The highest BCUT2D eigenvalue weighted by Crippen LogP contribution is 2.35. The van der Waals surface area contributed by atoms with Gasteiger partial charge < -0.3 is 100 Å². The smallest absolute Gasteiger partial charge is 0.272 e. The molecule has 4 saturated heterocycles. The molecule has 4 fully saturated rings. The highest BCUT2D eigenvalue weighted by Gasteiger charge is 2.59. The van der Waals surface area contributed by atoms with E-state index in [4.69, 9.17) is 43.7 Å². The molecule has 0 aromatic heterocycles. The molecule has 0 saturated carbocycles. The van der Waals surface area contributed by atoms with Gasteiger partial charge >= 0.3 is 0 Å². The second-order valence-corrected chi connectivity index (χ2v) is 14.5. The van der Waals surface area contributed by atoms with Crippen LogP contribution in [0.5, 0.6) is 0 Å². The van der Waals surface area contributed by atoms with Crippen molar-refractivity contribution in [3.05, 3.63) is 10.1 Å². The number of aliphatic hydroxyl groups excluding tert-OH is 11. The number of carbonyl (C=O) groups is 1. The molecule has 27 heteroatoms. The molecule has 0 aliphatic carbocycles. The number of rotatable bonds is 19. The number of carbonyl (C=O) groups excluding carboxylic acids is 1. The van der Waals surface area contributed by atoms with Crippen LogP contribution in [-0.2, 0) is 42.8 Å². The highest BCUT2D eigenvalue weighted by molar-refractivity contribution is 7.80. The summed E-state index contributed by atoms with van der Waals surface area (Å²) in [6, 6.07) is -3.87. The predicted molar refractivity (Wildman–Crippen MR) is 188 cm³/mol. The molecule has 20 atom stereocenters. The molecule has 0 spiro atoms. The average molecular weight is 869 g/mol. The Kier molecular flexibility index (Phi) is 19.0. The van der Waals surface area contributed by atoms with Crippen molar-refractivity contribution in [2.75, 3.05) is 52.4 Å². The van der Waals surface area contributed by atoms with Gasteiger partial charge in [-0.05, 0) is 12.2 Å². The molecule has 1 amide bonds. The van der Waals surface area contributed by atoms with Gasteiger partial charge in [-0.3, -0.25) is 19.7 Å². The number of nitrogens with one attached hydrogen (secondary N) is 1. The van der Waals surface area contributed by atoms with Crippen molar-refractivity contribution in [3.8, 4) is 0 Å². The van der Waals surface area contributed by atoms with Crippen LogP contribution in [0, 0.1) is 10.1 Å². The number of amides is 1. The predicted octanol–water partition coefficient (Wildman–Crippen LogP) is -8.80. The molecule has 0 bridgehead atoms. The summed E-state index contributed by atoms with van der Waals surface area (Å²) in [6.45, 7) is -3.60. The lowest BCUT2D eigenvalue weighted by molar-refractivity contribution is -0.571. The summed E-state index contributed by atoms with van der Waals surface area (Å²) < 4.78 is 39.4. The third kappa shape index (κ3) is 11.2. The molecular formula is C31H56N4O22S. The van der Waals surface area contributed by atoms with Gasteiger partial charge in [0.25, 0.3) is 6.04 Å². The van der Waals surface area contributed by atoms with Gasteiger partial charge in [-0.15, -0.1) is 0 Å². The lowest BCUT2D eigenvalue weighted by Crippen LogP contribution is -2.70. The van der Waals surface area contributed by atoms with E-state index in [1.165, 1.54) is 7.05 Å². The van der Waals surface area contributed by atoms with Crippen LogP contribution in [0.1, 0.15) is 12.8 Å². The second kappa shape index (κ2) is 22.5. The first kappa shape index (κ1) is 49.0. The summed E-state index contributed by atoms with van der Waals surface area (Å²) in [5.74, 6) is 0.302. The van der Waals surface area contributed by atoms with E-state index in [9.17, 15) is 71.1 Å². The van der Waals surface area contributed by atoms with Gasteiger partial charge in [0, 0.05) is 24.9 Å². The summed E-state index contributed by atoms with van der Waals surface area (Å²) in [7, 11) is 1.34. The standard InChI is InChI=1S/C31H56N4O22S/c1-34(50-5-4-33-15(40)3-2-6-58)28-23(46)22(45)26(14(10-39)51-28)56-30-20(43)17(35(48)49)25(13(9-38)54-30)55-29-16(32)27(19(42)12(8-37)52-29)57-31-24(47)21(44)18(41)11(7-36)53-31/h11-14,16-31,36-39,41-47,58H,2-10,32H2,1H3,(H,33,40)/t11?,12?,13-,14?,16?,17?,18+,19+,20?,21?,22?,23?,24?,25+,26-,27?,28-,29+,30+,31+/m1/s1. The van der Waals surface area contributed by atoms with Crippen LogP contribution in [0.15, 0.2) is 0 Å². The number of hydroxylamine groups is 2. The molecule has 4 aliphatic rings. The summed E-state index contributed by atoms with van der Waals surface area (Å²) in [5, 5.41) is 131. The van der Waals surface area contributed by atoms with E-state index in [1.54, 1.807) is 0 Å². The van der Waals surface area contributed by atoms with Crippen LogP contribution in [0.25, 0.3) is 0 Å². The summed E-state index contributed by atoms with van der Waals surface area (Å²) >= 11 is 4.05. The molecule has 338 valence electrons. The highest BCUT2D eigenvalue weighted by atomic mass is 32.1. The Labute approximate surface area is 336 Å². The van der Waals surface area contributed by atoms with Gasteiger partial charge in [0.1, 0.15) is 73.2 Å². The minimum absolute atomic E-state index is 0.0738. The van der Waals surface area contributed by atoms with E-state index >= 15 is 0 Å². The van der Waals surface area contributed by atoms with Gasteiger partial charge in [0.2, 0.25) is 5.91 Å². The quantitative estimate of drug-likeness (QED) is 0.0248. The largest absolute Gasteiger partial charge is 0.394 e. The van der Waals surface area contributed by atoms with Crippen LogP contribution < -0.4 is 11.1 Å². The van der Waals surface area contributed by atoms with Gasteiger partial charge in [-0.25, -0.2) is 0 Å². The summed E-state index contributed by atoms with van der Waals surface area (Å²) in [6.07, 6.45) is -31.1. The zero-order chi connectivity index (χ0) is 43.0. The molecule has 11 unspecified atom stereocenters. The number of aliphatic hydroxyl groups is 11. The van der Waals surface area contributed by atoms with E-state index in [0.29, 0.717) is 12.2 Å². The normalized spacial score (nSPS) is 43.6. The first-order valence-corrected chi connectivity index (χ1v) is 19.1. The van der Waals surface area contributed by atoms with Crippen LogP contribution in [0.3, 0.4) is 0 Å². The van der Waals surface area contributed by atoms with Crippen molar-refractivity contribution in [1.29, 1.82) is 0 Å². The Morgan fingerprint density at radius 3 is 1.86 bits per heavy atom. The zero-order valence-electron chi connectivity index (χ0n) is 31.2. The van der Waals surface area contributed by atoms with E-state index in [0.717, 1.165) is 5.06 Å². The molecule has 4 aliphatic heterocycles. The molecular weight excluding hydrogens is 812 g/mol. The number of thiol groups is 1. The Morgan fingerprint density at radius 1 is 0.724 bits per heavy atom. The minimum Gasteiger partial charge on any atom is -0.394 e. The molecule has 14 N–H and O–H groups in total. The molecule has 4 rings (SSSR count). The minimum atomic E-state index is -2.27. The van der Waals surface area contributed by atoms with E-state index in [1.807, 2.05) is 0 Å². The molecule has 0 aromatic rings. The van der Waals surface area contributed by atoms with E-state index in [-0.39, 0.29) is 25.5 Å². The maximum Gasteiger partial charge on any atom is 0.272 e. The van der Waals surface area contributed by atoms with Gasteiger partial charge in [-0.2, -0.15) is 17.7 Å². The van der Waals surface area contributed by atoms with Crippen molar-refractivity contribution < 1.29 is 104 Å². The Balaban J connectivity index is 1.45. The third-order valence-corrected chi connectivity index (χ3v) is 10.5. The second-order valence-electron chi connectivity index (χ2n) is 14.1. The summed E-state index contributed by atoms with van der Waals surface area (Å²) in [5.41, 5.74) is 6.29. The fourth-order valence-electron chi connectivity index (χ4n) is 6.92. The Bertz CT molecular complexity index is 1280. The lowest BCUT2D eigenvalue weighted by Gasteiger charge is -2.49. The van der Waals surface area contributed by atoms with Crippen molar-refractivity contribution >= 4 is 18.5 Å². The first-order chi connectivity index (χ1) is 27.5. The number of nitrogens with zero attached hydrogens (tertiary/aromatic N) is 2. The molecule has 0 aromatic carbocycles. The zero-order valence-corrected chi connectivity index (χ0v) is 32.1. The summed E-state index contributed by atoms with van der Waals surface area (Å²) in [4.78, 5) is 28.8. The fourth-order valence-corrected chi connectivity index (χ4v) is 7.08. The van der Waals surface area contributed by atoms with Crippen molar-refractivity contribution in [1.82, 2.24) is 10.4 Å². The number of ether oxygens (including phenoxy) is 7. The SMILES string of the molecule is CN(OCCNC(=O)CCCS)[C@@H]1OC(CO)[C@@H](O[C@@H]2O[C@H](CO)[C@H](O[C@@H]3OC(CO)[C@H](O)C(O[C@@H]4OC(CO)[C@H](O)C(O)C4O)C3N)C([N+](=O)[O-])C2O)C(O)C1O. The topological polar surface area (TPSA) is 398 Å². The van der Waals surface area contributed by atoms with Gasteiger partial charge in [-0.1, -0.05) is 0 Å². The number of nitro groups is 1. The fraction of sp³-hybridized carbons (Fsp3) is 0.968. The maximum absolute atomic E-state index is 12.5. The van der Waals surface area contributed by atoms with Crippen molar-refractivity contribution in [2.24, 2.45) is 5.73 Å². The molecule has 4 heterocycles. The molecule has 58 heavy (non-hydrogen) atoms. The molecule has 0 radical (unpaired) electrons. The maximum atomic E-state index is 12.5. The van der Waals surface area contributed by atoms with E-state index in [2.05, 4.69) is 17.9 Å². The lowest BCUT2D eigenvalue weighted by atomic mass is 9.94. The van der Waals surface area contributed by atoms with Crippen LogP contribution in [0.2, 0.25) is 0 Å². The number of hydrogen-bond acceptors (Lipinski definition) is 25. The van der Waals surface area contributed by atoms with Crippen LogP contribution in [0.4, 0.5) is 0 Å². The monoisotopic (exact) mass is 868 g/mol. The van der Waals surface area contributed by atoms with Crippen LogP contribution >= 0.6 is 12.6 Å². The average Bonchev–Trinajstić information content (AvgIpc) is 3.20. The number of hydrogen-bond donors (Lipinski definition) is 14. The van der Waals surface area contributed by atoms with Gasteiger partial charge in [0.05, 0.1) is 39.1 Å². The Hall–Kier alpha value is -1.62. The van der Waals surface area contributed by atoms with E-state index < -0.39 is 154 Å². The van der Waals surface area contributed by atoms with Crippen molar-refractivity contribution in [2.45, 2.75) is 135 Å². The Morgan fingerprint density at radius 2 is 1.26 bits per heavy atom. The first-order valence-electron chi connectivity index (χ1n) is 18.4. The molecule has 26 nitrogen and oxygen atoms in total. The van der Waals surface area contributed by atoms with Gasteiger partial charge in [0.15, 0.2) is 37.3 Å². The van der Waals surface area contributed by atoms with Crippen LogP contribution in [-0.4, -0.2) is 247 Å². The van der Waals surface area contributed by atoms with Crippen molar-refractivity contribution in [3.63, 3.8) is 0 Å². The third-order valence-electron chi connectivity index (χ3n) is 10.2. The number of likely N-dealkylation sites (N-methyl/N-ethyl adjacent to an activating group) is 1.